The van der Waals surface area contributed by atoms with E-state index < -0.39 is 5.97 Å². The molecule has 0 unspecified atom stereocenters. The van der Waals surface area contributed by atoms with Crippen LogP contribution in [0.3, 0.4) is 0 Å². The summed E-state index contributed by atoms with van der Waals surface area (Å²) in [7, 11) is 0. The second kappa shape index (κ2) is 6.26. The number of esters is 1. The third-order valence-electron chi connectivity index (χ3n) is 2.56. The number of carbonyl (C=O) groups excluding carboxylic acids is 1. The second-order valence-electron chi connectivity index (χ2n) is 3.53. The first-order chi connectivity index (χ1) is 8.60. The number of nitrogen functional groups attached to an aromatic ring is 1. The van der Waals surface area contributed by atoms with Crippen LogP contribution in [0.5, 0.6) is 0 Å². The summed E-state index contributed by atoms with van der Waals surface area (Å²) in [6, 6.07) is 2.02. The Hall–Kier alpha value is -1.74. The van der Waals surface area contributed by atoms with Crippen LogP contribution in [0.15, 0.2) is 0 Å². The van der Waals surface area contributed by atoms with Crippen molar-refractivity contribution in [2.24, 2.45) is 0 Å². The molecule has 1 aromatic heterocycles. The van der Waals surface area contributed by atoms with Crippen LogP contribution in [0.4, 0.5) is 10.7 Å². The zero-order chi connectivity index (χ0) is 13.7. The van der Waals surface area contributed by atoms with Crippen LogP contribution in [-0.2, 0) is 4.74 Å². The number of ether oxygens (including phenoxy) is 1. The van der Waals surface area contributed by atoms with Crippen LogP contribution < -0.4 is 10.6 Å². The van der Waals surface area contributed by atoms with Gasteiger partial charge >= 0.3 is 5.97 Å². The maximum Gasteiger partial charge on any atom is 0.343 e. The van der Waals surface area contributed by atoms with E-state index in [2.05, 4.69) is 0 Å². The molecule has 2 N–H and O–H groups in total. The van der Waals surface area contributed by atoms with Gasteiger partial charge in [0.2, 0.25) is 0 Å². The molecule has 0 saturated carbocycles. The van der Waals surface area contributed by atoms with E-state index in [4.69, 9.17) is 15.7 Å². The fraction of sp³-hybridized carbons (Fsp3) is 0.500. The molecule has 0 bridgehead atoms. The first-order valence-corrected chi connectivity index (χ1v) is 6.66. The molecule has 0 fully saturated rings. The first-order valence-electron chi connectivity index (χ1n) is 5.84. The predicted molar refractivity (Wildman–Crippen MR) is 73.0 cm³/mol. The molecule has 18 heavy (non-hydrogen) atoms. The van der Waals surface area contributed by atoms with Gasteiger partial charge in [0.25, 0.3) is 0 Å². The van der Waals surface area contributed by atoms with E-state index in [1.54, 1.807) is 6.92 Å². The third kappa shape index (κ3) is 2.57. The highest BCUT2D eigenvalue weighted by Crippen LogP contribution is 2.38. The standard InChI is InChI=1S/C12H17N3O2S/c1-4-15(5-2)11-9(12(16)17-6-3)10(14)8(7-13)18-11/h4-6,14H2,1-3H3. The van der Waals surface area contributed by atoms with Gasteiger partial charge in [-0.25, -0.2) is 4.79 Å². The molecule has 1 heterocycles. The quantitative estimate of drug-likeness (QED) is 0.827. The number of nitrogens with zero attached hydrogens (tertiary/aromatic N) is 2. The summed E-state index contributed by atoms with van der Waals surface area (Å²) in [5.41, 5.74) is 6.40. The summed E-state index contributed by atoms with van der Waals surface area (Å²) in [6.07, 6.45) is 0. The van der Waals surface area contributed by atoms with Gasteiger partial charge in [0.05, 0.1) is 12.3 Å². The molecule has 0 aliphatic heterocycles. The van der Waals surface area contributed by atoms with Gasteiger partial charge in [-0.05, 0) is 20.8 Å². The molecule has 0 spiro atoms. The second-order valence-corrected chi connectivity index (χ2v) is 4.53. The smallest absolute Gasteiger partial charge is 0.343 e. The van der Waals surface area contributed by atoms with Gasteiger partial charge in [-0.15, -0.1) is 11.3 Å². The summed E-state index contributed by atoms with van der Waals surface area (Å²) >= 11 is 1.24. The van der Waals surface area contributed by atoms with Crippen molar-refractivity contribution in [1.82, 2.24) is 0 Å². The lowest BCUT2D eigenvalue weighted by molar-refractivity contribution is 0.0529. The molecule has 1 rings (SSSR count). The summed E-state index contributed by atoms with van der Waals surface area (Å²) in [5.74, 6) is -0.463. The summed E-state index contributed by atoms with van der Waals surface area (Å²) in [5, 5.41) is 9.72. The predicted octanol–water partition coefficient (Wildman–Crippen LogP) is 2.22. The number of carbonyl (C=O) groups is 1. The summed E-state index contributed by atoms with van der Waals surface area (Å²) < 4.78 is 5.00. The van der Waals surface area contributed by atoms with Crippen LogP contribution in [0, 0.1) is 11.3 Å². The van der Waals surface area contributed by atoms with Crippen molar-refractivity contribution in [2.45, 2.75) is 20.8 Å². The van der Waals surface area contributed by atoms with Crippen LogP contribution in [0.2, 0.25) is 0 Å². The Bertz CT molecular complexity index is 472. The van der Waals surface area contributed by atoms with Gasteiger partial charge in [0.1, 0.15) is 21.5 Å². The lowest BCUT2D eigenvalue weighted by Crippen LogP contribution is -2.23. The number of nitriles is 1. The van der Waals surface area contributed by atoms with Crippen molar-refractivity contribution in [3.05, 3.63) is 10.4 Å². The Morgan fingerprint density at radius 2 is 2.06 bits per heavy atom. The van der Waals surface area contributed by atoms with Crippen LogP contribution in [0.25, 0.3) is 0 Å². The van der Waals surface area contributed by atoms with Gasteiger partial charge < -0.3 is 15.4 Å². The SMILES string of the molecule is CCOC(=O)c1c(N(CC)CC)sc(C#N)c1N. The van der Waals surface area contributed by atoms with Crippen molar-refractivity contribution < 1.29 is 9.53 Å². The van der Waals surface area contributed by atoms with Crippen molar-refractivity contribution >= 4 is 28.0 Å². The highest BCUT2D eigenvalue weighted by molar-refractivity contribution is 7.17. The number of hydrogen-bond acceptors (Lipinski definition) is 6. The Labute approximate surface area is 111 Å². The fourth-order valence-electron chi connectivity index (χ4n) is 1.65. The Morgan fingerprint density at radius 3 is 2.50 bits per heavy atom. The number of thiophene rings is 1. The zero-order valence-corrected chi connectivity index (χ0v) is 11.6. The maximum atomic E-state index is 11.9. The molecular weight excluding hydrogens is 250 g/mol. The van der Waals surface area contributed by atoms with E-state index in [1.165, 1.54) is 11.3 Å². The molecule has 0 atom stereocenters. The van der Waals surface area contributed by atoms with Crippen LogP contribution in [0.1, 0.15) is 36.0 Å². The zero-order valence-electron chi connectivity index (χ0n) is 10.8. The molecule has 0 aromatic carbocycles. The van der Waals surface area contributed by atoms with Crippen molar-refractivity contribution in [2.75, 3.05) is 30.3 Å². The van der Waals surface area contributed by atoms with E-state index in [0.717, 1.165) is 13.1 Å². The average molecular weight is 267 g/mol. The van der Waals surface area contributed by atoms with Gasteiger partial charge in [0, 0.05) is 13.1 Å². The number of hydrogen-bond donors (Lipinski definition) is 1. The minimum atomic E-state index is -0.463. The van der Waals surface area contributed by atoms with Crippen LogP contribution >= 0.6 is 11.3 Å². The van der Waals surface area contributed by atoms with Crippen molar-refractivity contribution in [1.29, 1.82) is 5.26 Å². The molecule has 6 heteroatoms. The summed E-state index contributed by atoms with van der Waals surface area (Å²) in [4.78, 5) is 14.3. The lowest BCUT2D eigenvalue weighted by atomic mass is 10.2. The number of anilines is 2. The average Bonchev–Trinajstić information content (AvgIpc) is 2.68. The van der Waals surface area contributed by atoms with Gasteiger partial charge in [-0.1, -0.05) is 0 Å². The van der Waals surface area contributed by atoms with E-state index in [-0.39, 0.29) is 12.3 Å². The molecule has 0 aliphatic carbocycles. The van der Waals surface area contributed by atoms with E-state index >= 15 is 0 Å². The number of rotatable bonds is 5. The topological polar surface area (TPSA) is 79.3 Å². The molecule has 0 saturated heterocycles. The van der Waals surface area contributed by atoms with E-state index in [9.17, 15) is 4.79 Å². The molecule has 0 radical (unpaired) electrons. The Balaban J connectivity index is 3.32. The molecule has 98 valence electrons. The maximum absolute atomic E-state index is 11.9. The van der Waals surface area contributed by atoms with Gasteiger partial charge in [-0.3, -0.25) is 0 Å². The van der Waals surface area contributed by atoms with Gasteiger partial charge in [-0.2, -0.15) is 5.26 Å². The van der Waals surface area contributed by atoms with Gasteiger partial charge in [0.15, 0.2) is 0 Å². The monoisotopic (exact) mass is 267 g/mol. The molecular formula is C12H17N3O2S. The Kier molecular flexibility index (Phi) is 4.98. The van der Waals surface area contributed by atoms with E-state index in [0.29, 0.717) is 15.4 Å². The third-order valence-corrected chi connectivity index (χ3v) is 3.73. The lowest BCUT2D eigenvalue weighted by Gasteiger charge is -2.20. The molecule has 0 aliphatic rings. The minimum absolute atomic E-state index is 0.225. The molecule has 5 nitrogen and oxygen atoms in total. The minimum Gasteiger partial charge on any atom is -0.462 e. The summed E-state index contributed by atoms with van der Waals surface area (Å²) in [6.45, 7) is 7.48. The fourth-order valence-corrected chi connectivity index (χ4v) is 2.78. The van der Waals surface area contributed by atoms with Crippen molar-refractivity contribution in [3.63, 3.8) is 0 Å². The highest BCUT2D eigenvalue weighted by atomic mass is 32.1. The van der Waals surface area contributed by atoms with Crippen molar-refractivity contribution in [3.8, 4) is 6.07 Å². The number of nitrogens with two attached hydrogens (primary N) is 1. The highest BCUT2D eigenvalue weighted by Gasteiger charge is 2.25. The molecule has 0 amide bonds. The van der Waals surface area contributed by atoms with E-state index in [1.807, 2.05) is 24.8 Å². The van der Waals surface area contributed by atoms with Crippen LogP contribution in [-0.4, -0.2) is 25.7 Å². The molecule has 1 aromatic rings. The first kappa shape index (κ1) is 14.3. The Morgan fingerprint density at radius 1 is 1.44 bits per heavy atom. The normalized spacial score (nSPS) is 9.89. The largest absolute Gasteiger partial charge is 0.462 e.